The second-order valence-electron chi connectivity index (χ2n) is 7.68. The fourth-order valence-corrected chi connectivity index (χ4v) is 3.82. The second kappa shape index (κ2) is 7.76. The van der Waals surface area contributed by atoms with E-state index in [0.29, 0.717) is 24.7 Å². The molecule has 0 spiro atoms. The molecule has 3 aliphatic rings. The maximum absolute atomic E-state index is 13.0. The van der Waals surface area contributed by atoms with Crippen molar-refractivity contribution in [3.05, 3.63) is 35.4 Å². The molecule has 6 heteroatoms. The van der Waals surface area contributed by atoms with E-state index in [0.717, 1.165) is 25.9 Å². The maximum Gasteiger partial charge on any atom is 0.254 e. The Morgan fingerprint density at radius 3 is 2.50 bits per heavy atom. The van der Waals surface area contributed by atoms with Gasteiger partial charge >= 0.3 is 0 Å². The number of nitrogens with zero attached hydrogens (tertiary/aromatic N) is 2. The largest absolute Gasteiger partial charge is 0.352 e. The molecule has 0 bridgehead atoms. The van der Waals surface area contributed by atoms with Crippen molar-refractivity contribution in [2.24, 2.45) is 0 Å². The molecule has 2 N–H and O–H groups in total. The van der Waals surface area contributed by atoms with Crippen LogP contribution in [0.4, 0.5) is 0 Å². The van der Waals surface area contributed by atoms with Crippen molar-refractivity contribution < 1.29 is 9.59 Å². The van der Waals surface area contributed by atoms with E-state index in [9.17, 15) is 9.59 Å². The Hall–Kier alpha value is -1.92. The molecule has 4 rings (SSSR count). The molecule has 3 fully saturated rings. The molecule has 2 saturated heterocycles. The third-order valence-corrected chi connectivity index (χ3v) is 5.54. The van der Waals surface area contributed by atoms with Crippen LogP contribution in [-0.2, 0) is 11.3 Å². The highest BCUT2D eigenvalue weighted by atomic mass is 16.2. The van der Waals surface area contributed by atoms with Crippen molar-refractivity contribution in [3.63, 3.8) is 0 Å². The lowest BCUT2D eigenvalue weighted by molar-refractivity contribution is -0.126. The average molecular weight is 356 g/mol. The van der Waals surface area contributed by atoms with Crippen LogP contribution in [0.15, 0.2) is 24.3 Å². The van der Waals surface area contributed by atoms with Gasteiger partial charge in [0, 0.05) is 37.8 Å². The number of rotatable bonds is 5. The summed E-state index contributed by atoms with van der Waals surface area (Å²) in [5.41, 5.74) is 1.91. The third-order valence-electron chi connectivity index (χ3n) is 5.54. The Balaban J connectivity index is 1.41. The Morgan fingerprint density at radius 2 is 1.81 bits per heavy atom. The highest BCUT2D eigenvalue weighted by Crippen LogP contribution is 2.20. The quantitative estimate of drug-likeness (QED) is 0.825. The van der Waals surface area contributed by atoms with Gasteiger partial charge in [0.15, 0.2) is 0 Å². The van der Waals surface area contributed by atoms with Crippen molar-refractivity contribution in [3.8, 4) is 0 Å². The molecule has 1 saturated carbocycles. The van der Waals surface area contributed by atoms with E-state index in [1.807, 2.05) is 24.3 Å². The number of amides is 2. The van der Waals surface area contributed by atoms with Crippen LogP contribution in [0.2, 0.25) is 0 Å². The van der Waals surface area contributed by atoms with Gasteiger partial charge in [-0.3, -0.25) is 14.5 Å². The zero-order chi connectivity index (χ0) is 17.9. The topological polar surface area (TPSA) is 64.7 Å². The molecule has 0 unspecified atom stereocenters. The molecule has 0 aromatic heterocycles. The Bertz CT molecular complexity index is 650. The Morgan fingerprint density at radius 1 is 1.08 bits per heavy atom. The Labute approximate surface area is 154 Å². The summed E-state index contributed by atoms with van der Waals surface area (Å²) in [5.74, 6) is -0.0751. The molecule has 26 heavy (non-hydrogen) atoms. The van der Waals surface area contributed by atoms with Crippen molar-refractivity contribution >= 4 is 11.8 Å². The lowest BCUT2D eigenvalue weighted by atomic mass is 10.1. The van der Waals surface area contributed by atoms with E-state index in [4.69, 9.17) is 0 Å². The second-order valence-corrected chi connectivity index (χ2v) is 7.68. The summed E-state index contributed by atoms with van der Waals surface area (Å²) in [6, 6.07) is 7.81. The zero-order valence-electron chi connectivity index (χ0n) is 15.2. The van der Waals surface area contributed by atoms with Crippen LogP contribution in [0.25, 0.3) is 0 Å². The highest BCUT2D eigenvalue weighted by Gasteiger charge is 2.35. The lowest BCUT2D eigenvalue weighted by Gasteiger charge is -2.35. The summed E-state index contributed by atoms with van der Waals surface area (Å²) in [7, 11) is 0. The van der Waals surface area contributed by atoms with Gasteiger partial charge in [-0.05, 0) is 56.5 Å². The van der Waals surface area contributed by atoms with Gasteiger partial charge in [0.1, 0.15) is 6.04 Å². The van der Waals surface area contributed by atoms with E-state index in [1.165, 1.54) is 31.5 Å². The van der Waals surface area contributed by atoms with Crippen LogP contribution in [-0.4, -0.2) is 66.4 Å². The first-order valence-corrected chi connectivity index (χ1v) is 9.84. The van der Waals surface area contributed by atoms with E-state index >= 15 is 0 Å². The summed E-state index contributed by atoms with van der Waals surface area (Å²) >= 11 is 0. The first-order chi connectivity index (χ1) is 12.7. The van der Waals surface area contributed by atoms with Crippen molar-refractivity contribution in [1.82, 2.24) is 20.4 Å². The number of nitrogens with one attached hydrogen (secondary N) is 2. The van der Waals surface area contributed by atoms with Crippen LogP contribution in [0.3, 0.4) is 0 Å². The monoisotopic (exact) mass is 356 g/mol. The van der Waals surface area contributed by atoms with E-state index in [1.54, 1.807) is 4.90 Å². The maximum atomic E-state index is 13.0. The number of benzene rings is 1. The summed E-state index contributed by atoms with van der Waals surface area (Å²) in [4.78, 5) is 29.6. The van der Waals surface area contributed by atoms with Crippen molar-refractivity contribution in [2.45, 2.75) is 44.3 Å². The highest BCUT2D eigenvalue weighted by molar-refractivity contribution is 5.98. The molecule has 2 aliphatic heterocycles. The van der Waals surface area contributed by atoms with Gasteiger partial charge in [0.05, 0.1) is 0 Å². The minimum Gasteiger partial charge on any atom is -0.352 e. The van der Waals surface area contributed by atoms with Gasteiger partial charge in [-0.2, -0.15) is 0 Å². The molecular weight excluding hydrogens is 328 g/mol. The normalized spacial score (nSPS) is 23.8. The van der Waals surface area contributed by atoms with Crippen LogP contribution in [0.5, 0.6) is 0 Å². The van der Waals surface area contributed by atoms with E-state index in [2.05, 4.69) is 15.5 Å². The molecule has 0 radical (unpaired) electrons. The first kappa shape index (κ1) is 17.5. The predicted molar refractivity (Wildman–Crippen MR) is 99.8 cm³/mol. The third kappa shape index (κ3) is 4.07. The van der Waals surface area contributed by atoms with Gasteiger partial charge in [-0.1, -0.05) is 12.1 Å². The molecule has 1 atom stereocenters. The summed E-state index contributed by atoms with van der Waals surface area (Å²) in [5, 5.41) is 6.27. The number of likely N-dealkylation sites (tertiary alicyclic amines) is 1. The number of hydrogen-bond donors (Lipinski definition) is 2. The van der Waals surface area contributed by atoms with Gasteiger partial charge in [-0.15, -0.1) is 0 Å². The molecule has 1 aliphatic carbocycles. The smallest absolute Gasteiger partial charge is 0.254 e. The fourth-order valence-electron chi connectivity index (χ4n) is 3.82. The Kier molecular flexibility index (Phi) is 5.22. The molecule has 140 valence electrons. The molecule has 6 nitrogen and oxygen atoms in total. The van der Waals surface area contributed by atoms with Crippen LogP contribution < -0.4 is 10.6 Å². The molecule has 2 heterocycles. The standard InChI is InChI=1S/C20H28N4O2/c25-19(22-17-7-8-17)18-13-21-9-12-24(18)20(26)16-5-3-15(4-6-16)14-23-10-1-2-11-23/h3-6,17-18,21H,1-2,7-14H2,(H,22,25)/t18-/m0/s1. The molecule has 2 amide bonds. The molecule has 1 aromatic rings. The molecular formula is C20H28N4O2. The minimum absolute atomic E-state index is 0.0290. The lowest BCUT2D eigenvalue weighted by Crippen LogP contribution is -2.59. The van der Waals surface area contributed by atoms with Crippen LogP contribution in [0, 0.1) is 0 Å². The number of hydrogen-bond acceptors (Lipinski definition) is 4. The number of carbonyl (C=O) groups is 2. The summed E-state index contributed by atoms with van der Waals surface area (Å²) in [6.07, 6.45) is 4.67. The number of piperazine rings is 1. The van der Waals surface area contributed by atoms with Gasteiger partial charge < -0.3 is 15.5 Å². The number of carbonyl (C=O) groups excluding carboxylic acids is 2. The van der Waals surface area contributed by atoms with Crippen LogP contribution in [0.1, 0.15) is 41.6 Å². The summed E-state index contributed by atoms with van der Waals surface area (Å²) in [6.45, 7) is 5.10. The van der Waals surface area contributed by atoms with E-state index < -0.39 is 6.04 Å². The van der Waals surface area contributed by atoms with Crippen LogP contribution >= 0.6 is 0 Å². The minimum atomic E-state index is -0.416. The average Bonchev–Trinajstić information content (AvgIpc) is 3.34. The first-order valence-electron chi connectivity index (χ1n) is 9.84. The summed E-state index contributed by atoms with van der Waals surface area (Å²) < 4.78 is 0. The zero-order valence-corrected chi connectivity index (χ0v) is 15.2. The molecule has 1 aromatic carbocycles. The fraction of sp³-hybridized carbons (Fsp3) is 0.600. The van der Waals surface area contributed by atoms with Gasteiger partial charge in [-0.25, -0.2) is 0 Å². The van der Waals surface area contributed by atoms with E-state index in [-0.39, 0.29) is 11.8 Å². The SMILES string of the molecule is O=C(NC1CC1)[C@@H]1CNCCN1C(=O)c1ccc(CN2CCCC2)cc1. The van der Waals surface area contributed by atoms with Gasteiger partial charge in [0.2, 0.25) is 5.91 Å². The van der Waals surface area contributed by atoms with Gasteiger partial charge in [0.25, 0.3) is 5.91 Å². The predicted octanol–water partition coefficient (Wildman–Crippen LogP) is 0.975. The van der Waals surface area contributed by atoms with Crippen molar-refractivity contribution in [1.29, 1.82) is 0 Å². The van der Waals surface area contributed by atoms with Crippen molar-refractivity contribution in [2.75, 3.05) is 32.7 Å².